The summed E-state index contributed by atoms with van der Waals surface area (Å²) in [6.45, 7) is 3.32. The fourth-order valence-corrected chi connectivity index (χ4v) is 3.73. The molecule has 7 nitrogen and oxygen atoms in total. The third-order valence-electron chi connectivity index (χ3n) is 5.30. The summed E-state index contributed by atoms with van der Waals surface area (Å²) in [6.07, 6.45) is 1.41. The van der Waals surface area contributed by atoms with Gasteiger partial charge in [-0.2, -0.15) is 0 Å². The lowest BCUT2D eigenvalue weighted by Gasteiger charge is -2.25. The Labute approximate surface area is 188 Å². The summed E-state index contributed by atoms with van der Waals surface area (Å²) in [6, 6.07) is 13.3. The third kappa shape index (κ3) is 4.94. The number of hydrogen-bond acceptors (Lipinski definition) is 6. The average molecular weight is 440 g/mol. The first kappa shape index (κ1) is 23.3. The van der Waals surface area contributed by atoms with Crippen LogP contribution >= 0.6 is 0 Å². The van der Waals surface area contributed by atoms with E-state index in [1.54, 1.807) is 62.8 Å². The van der Waals surface area contributed by atoms with Crippen LogP contribution in [-0.2, 0) is 14.3 Å². The van der Waals surface area contributed by atoms with E-state index in [1.165, 1.54) is 4.90 Å². The van der Waals surface area contributed by atoms with Crippen molar-refractivity contribution in [1.82, 2.24) is 4.90 Å². The molecule has 1 heterocycles. The highest BCUT2D eigenvalue weighted by Crippen LogP contribution is 2.40. The number of hydrogen-bond donors (Lipinski definition) is 1. The smallest absolute Gasteiger partial charge is 0.295 e. The molecule has 0 saturated carbocycles. The van der Waals surface area contributed by atoms with Crippen molar-refractivity contribution in [3.8, 4) is 11.5 Å². The maximum Gasteiger partial charge on any atom is 0.295 e. The molecule has 0 bridgehead atoms. The van der Waals surface area contributed by atoms with Crippen LogP contribution in [0.2, 0.25) is 0 Å². The first-order chi connectivity index (χ1) is 15.5. The molecule has 0 spiro atoms. The van der Waals surface area contributed by atoms with E-state index >= 15 is 0 Å². The average Bonchev–Trinajstić information content (AvgIpc) is 3.07. The second kappa shape index (κ2) is 10.8. The lowest BCUT2D eigenvalue weighted by atomic mass is 9.95. The van der Waals surface area contributed by atoms with Crippen LogP contribution in [0.1, 0.15) is 36.9 Å². The Morgan fingerprint density at radius 2 is 1.78 bits per heavy atom. The minimum atomic E-state index is -0.710. The molecule has 7 heteroatoms. The first-order valence-electron chi connectivity index (χ1n) is 10.7. The van der Waals surface area contributed by atoms with Crippen LogP contribution in [0.25, 0.3) is 5.76 Å². The summed E-state index contributed by atoms with van der Waals surface area (Å²) in [7, 11) is 3.15. The number of ketones is 1. The van der Waals surface area contributed by atoms with Gasteiger partial charge in [0, 0.05) is 25.8 Å². The molecule has 1 aliphatic heterocycles. The van der Waals surface area contributed by atoms with Crippen molar-refractivity contribution in [3.05, 3.63) is 65.2 Å². The molecule has 32 heavy (non-hydrogen) atoms. The number of nitrogens with zero attached hydrogens (tertiary/aromatic N) is 1. The van der Waals surface area contributed by atoms with E-state index in [9.17, 15) is 14.7 Å². The number of methoxy groups -OCH3 is 2. The molecule has 1 fully saturated rings. The van der Waals surface area contributed by atoms with Crippen LogP contribution in [0.4, 0.5) is 0 Å². The number of amides is 1. The maximum atomic E-state index is 13.0. The fraction of sp³-hybridized carbons (Fsp3) is 0.360. The topological polar surface area (TPSA) is 85.3 Å². The Hall–Kier alpha value is -3.32. The lowest BCUT2D eigenvalue weighted by Crippen LogP contribution is -2.31. The molecule has 1 unspecified atom stereocenters. The van der Waals surface area contributed by atoms with E-state index in [4.69, 9.17) is 14.2 Å². The Morgan fingerprint density at radius 3 is 2.44 bits per heavy atom. The van der Waals surface area contributed by atoms with Crippen LogP contribution in [0.15, 0.2) is 54.1 Å². The highest BCUT2D eigenvalue weighted by Gasteiger charge is 2.45. The Morgan fingerprint density at radius 1 is 1.03 bits per heavy atom. The van der Waals surface area contributed by atoms with Crippen molar-refractivity contribution >= 4 is 17.4 Å². The second-order valence-corrected chi connectivity index (χ2v) is 7.49. The van der Waals surface area contributed by atoms with Crippen molar-refractivity contribution in [1.29, 1.82) is 0 Å². The molecule has 1 saturated heterocycles. The standard InChI is InChI=1S/C25H29NO6/c1-4-14-32-20-8-5-7-18(16-20)23(27)21-22(17-9-11-19(31-3)12-10-17)26(13-6-15-30-2)25(29)24(21)28/h5,7-12,16,22,27H,4,6,13-15H2,1-3H3. The molecule has 1 amide bonds. The van der Waals surface area contributed by atoms with Gasteiger partial charge in [-0.15, -0.1) is 0 Å². The molecule has 2 aromatic rings. The number of Topliss-reactive ketones (excluding diaryl/α,β-unsaturated/α-hetero) is 1. The quantitative estimate of drug-likeness (QED) is 0.261. The van der Waals surface area contributed by atoms with Gasteiger partial charge in [0.05, 0.1) is 25.3 Å². The van der Waals surface area contributed by atoms with E-state index in [-0.39, 0.29) is 11.3 Å². The zero-order valence-corrected chi connectivity index (χ0v) is 18.7. The number of aliphatic hydroxyl groups is 1. The number of rotatable bonds is 10. The van der Waals surface area contributed by atoms with Gasteiger partial charge in [-0.05, 0) is 42.7 Å². The van der Waals surface area contributed by atoms with Crippen molar-refractivity contribution in [3.63, 3.8) is 0 Å². The monoisotopic (exact) mass is 439 g/mol. The molecule has 170 valence electrons. The van der Waals surface area contributed by atoms with Gasteiger partial charge in [-0.1, -0.05) is 31.2 Å². The van der Waals surface area contributed by atoms with Crippen molar-refractivity contribution < 1.29 is 28.9 Å². The van der Waals surface area contributed by atoms with E-state index in [0.29, 0.717) is 48.8 Å². The van der Waals surface area contributed by atoms with Gasteiger partial charge in [0.2, 0.25) is 0 Å². The zero-order chi connectivity index (χ0) is 23.1. The normalized spacial score (nSPS) is 17.6. The number of carbonyl (C=O) groups excluding carboxylic acids is 2. The van der Waals surface area contributed by atoms with Crippen LogP contribution in [-0.4, -0.2) is 55.7 Å². The van der Waals surface area contributed by atoms with Crippen LogP contribution in [0.5, 0.6) is 11.5 Å². The number of likely N-dealkylation sites (tertiary alicyclic amines) is 1. The van der Waals surface area contributed by atoms with E-state index in [0.717, 1.165) is 6.42 Å². The molecule has 1 aliphatic rings. The summed E-state index contributed by atoms with van der Waals surface area (Å²) in [5, 5.41) is 11.2. The van der Waals surface area contributed by atoms with E-state index in [1.807, 2.05) is 6.92 Å². The van der Waals surface area contributed by atoms with Crippen LogP contribution in [0.3, 0.4) is 0 Å². The van der Waals surface area contributed by atoms with Gasteiger partial charge in [-0.3, -0.25) is 9.59 Å². The predicted octanol–water partition coefficient (Wildman–Crippen LogP) is 3.94. The number of ether oxygens (including phenoxy) is 3. The lowest BCUT2D eigenvalue weighted by molar-refractivity contribution is -0.140. The molecule has 0 aromatic heterocycles. The number of benzene rings is 2. The highest BCUT2D eigenvalue weighted by molar-refractivity contribution is 6.46. The summed E-state index contributed by atoms with van der Waals surface area (Å²) >= 11 is 0. The molecule has 3 rings (SSSR count). The molecule has 0 aliphatic carbocycles. The van der Waals surface area contributed by atoms with Crippen molar-refractivity contribution in [2.45, 2.75) is 25.8 Å². The molecule has 0 radical (unpaired) electrons. The third-order valence-corrected chi connectivity index (χ3v) is 5.30. The number of aliphatic hydroxyl groups excluding tert-OH is 1. The van der Waals surface area contributed by atoms with Crippen molar-refractivity contribution in [2.75, 3.05) is 34.0 Å². The fourth-order valence-electron chi connectivity index (χ4n) is 3.73. The van der Waals surface area contributed by atoms with Crippen molar-refractivity contribution in [2.24, 2.45) is 0 Å². The minimum absolute atomic E-state index is 0.0604. The molecule has 2 aromatic carbocycles. The second-order valence-electron chi connectivity index (χ2n) is 7.49. The van der Waals surface area contributed by atoms with Gasteiger partial charge in [0.1, 0.15) is 17.3 Å². The van der Waals surface area contributed by atoms with Gasteiger partial charge in [0.15, 0.2) is 0 Å². The maximum absolute atomic E-state index is 13.0. The summed E-state index contributed by atoms with van der Waals surface area (Å²) < 4.78 is 16.0. The van der Waals surface area contributed by atoms with Crippen LogP contribution < -0.4 is 9.47 Å². The Balaban J connectivity index is 2.07. The van der Waals surface area contributed by atoms with Gasteiger partial charge in [0.25, 0.3) is 11.7 Å². The Kier molecular flexibility index (Phi) is 7.89. The van der Waals surface area contributed by atoms with Crippen LogP contribution in [0, 0.1) is 0 Å². The SMILES string of the molecule is CCCOc1cccc(C(O)=C2C(=O)C(=O)N(CCCOC)C2c2ccc(OC)cc2)c1. The summed E-state index contributed by atoms with van der Waals surface area (Å²) in [4.78, 5) is 27.4. The van der Waals surface area contributed by atoms with E-state index in [2.05, 4.69) is 0 Å². The molecule has 1 N–H and O–H groups in total. The zero-order valence-electron chi connectivity index (χ0n) is 18.7. The summed E-state index contributed by atoms with van der Waals surface area (Å²) in [5.74, 6) is -0.320. The van der Waals surface area contributed by atoms with Gasteiger partial charge in [-0.25, -0.2) is 0 Å². The van der Waals surface area contributed by atoms with Gasteiger partial charge < -0.3 is 24.2 Å². The number of carbonyl (C=O) groups is 2. The molecule has 1 atom stereocenters. The highest BCUT2D eigenvalue weighted by atomic mass is 16.5. The molecular formula is C25H29NO6. The van der Waals surface area contributed by atoms with E-state index < -0.39 is 17.7 Å². The predicted molar refractivity (Wildman–Crippen MR) is 121 cm³/mol. The first-order valence-corrected chi connectivity index (χ1v) is 10.7. The van der Waals surface area contributed by atoms with Gasteiger partial charge >= 0.3 is 0 Å². The summed E-state index contributed by atoms with van der Waals surface area (Å²) in [5.41, 5.74) is 1.19. The Bertz CT molecular complexity index is 982. The largest absolute Gasteiger partial charge is 0.507 e. The minimum Gasteiger partial charge on any atom is -0.507 e. The molecular weight excluding hydrogens is 410 g/mol.